The fraction of sp³-hybridized carbons (Fsp3) is 1.00. The van der Waals surface area contributed by atoms with Gasteiger partial charge in [-0.05, 0) is 48.9 Å². The predicted molar refractivity (Wildman–Crippen MR) is 70.4 cm³/mol. The molecule has 0 amide bonds. The highest BCUT2D eigenvalue weighted by Gasteiger charge is 2.45. The summed E-state index contributed by atoms with van der Waals surface area (Å²) < 4.78 is 0. The van der Waals surface area contributed by atoms with Crippen molar-refractivity contribution in [3.05, 3.63) is 0 Å². The lowest BCUT2D eigenvalue weighted by atomic mass is 9.58. The molecule has 1 saturated carbocycles. The smallest absolute Gasteiger partial charge is 0.0658 e. The summed E-state index contributed by atoms with van der Waals surface area (Å²) in [5.41, 5.74) is 0.149. The van der Waals surface area contributed by atoms with Crippen LogP contribution in [0.4, 0.5) is 0 Å². The van der Waals surface area contributed by atoms with Crippen molar-refractivity contribution in [1.29, 1.82) is 0 Å². The first kappa shape index (κ1) is 14.0. The Hall–Kier alpha value is -0.0400. The molecule has 0 unspecified atom stereocenters. The van der Waals surface area contributed by atoms with Crippen molar-refractivity contribution < 1.29 is 5.11 Å². The minimum absolute atomic E-state index is 0.285. The average Bonchev–Trinajstić information content (AvgIpc) is 1.93. The van der Waals surface area contributed by atoms with Crippen LogP contribution in [0.1, 0.15) is 73.6 Å². The van der Waals surface area contributed by atoms with Crippen LogP contribution in [0.3, 0.4) is 0 Å². The Morgan fingerprint density at radius 1 is 0.938 bits per heavy atom. The van der Waals surface area contributed by atoms with Crippen LogP contribution in [-0.4, -0.2) is 10.7 Å². The molecule has 1 nitrogen and oxygen atoms in total. The Morgan fingerprint density at radius 2 is 1.38 bits per heavy atom. The van der Waals surface area contributed by atoms with Gasteiger partial charge >= 0.3 is 0 Å². The lowest BCUT2D eigenvalue weighted by molar-refractivity contribution is -0.0927. The molecule has 1 heteroatoms. The highest BCUT2D eigenvalue weighted by molar-refractivity contribution is 4.97. The van der Waals surface area contributed by atoms with E-state index in [0.717, 1.165) is 25.7 Å². The third kappa shape index (κ3) is 4.08. The molecule has 0 aliphatic heterocycles. The number of hydrogen-bond donors (Lipinski definition) is 1. The van der Waals surface area contributed by atoms with E-state index >= 15 is 0 Å². The van der Waals surface area contributed by atoms with Crippen LogP contribution >= 0.6 is 0 Å². The first-order chi connectivity index (χ1) is 7.04. The lowest BCUT2D eigenvalue weighted by Crippen LogP contribution is -2.46. The number of hydrogen-bond acceptors (Lipinski definition) is 1. The molecular formula is C15H30O. The third-order valence-corrected chi connectivity index (χ3v) is 3.76. The largest absolute Gasteiger partial charge is 0.390 e. The fourth-order valence-corrected chi connectivity index (χ4v) is 4.00. The van der Waals surface area contributed by atoms with E-state index in [4.69, 9.17) is 0 Å². The third-order valence-electron chi connectivity index (χ3n) is 3.76. The number of rotatable bonds is 3. The van der Waals surface area contributed by atoms with Gasteiger partial charge in [-0.1, -0.05) is 41.5 Å². The van der Waals surface area contributed by atoms with Crippen LogP contribution < -0.4 is 0 Å². The normalized spacial score (nSPS) is 27.0. The van der Waals surface area contributed by atoms with Gasteiger partial charge in [0.05, 0.1) is 5.60 Å². The first-order valence-electron chi connectivity index (χ1n) is 6.76. The molecule has 96 valence electrons. The topological polar surface area (TPSA) is 20.2 Å². The Balaban J connectivity index is 2.71. The monoisotopic (exact) mass is 226 g/mol. The lowest BCUT2D eigenvalue weighted by Gasteiger charge is -2.50. The van der Waals surface area contributed by atoms with Crippen molar-refractivity contribution in [2.75, 3.05) is 0 Å². The highest BCUT2D eigenvalue weighted by Crippen LogP contribution is 2.51. The van der Waals surface area contributed by atoms with Crippen molar-refractivity contribution in [2.24, 2.45) is 16.7 Å². The molecule has 1 aliphatic carbocycles. The molecule has 1 aliphatic rings. The van der Waals surface area contributed by atoms with E-state index in [1.165, 1.54) is 6.42 Å². The summed E-state index contributed by atoms with van der Waals surface area (Å²) in [7, 11) is 0. The summed E-state index contributed by atoms with van der Waals surface area (Å²) in [4.78, 5) is 0. The van der Waals surface area contributed by atoms with Crippen LogP contribution in [0.5, 0.6) is 0 Å². The molecule has 0 spiro atoms. The van der Waals surface area contributed by atoms with Gasteiger partial charge in [0.25, 0.3) is 0 Å². The van der Waals surface area contributed by atoms with Gasteiger partial charge in [0.2, 0.25) is 0 Å². The van der Waals surface area contributed by atoms with E-state index in [2.05, 4.69) is 41.5 Å². The molecule has 0 saturated heterocycles. The zero-order valence-electron chi connectivity index (χ0n) is 12.1. The summed E-state index contributed by atoms with van der Waals surface area (Å²) in [5, 5.41) is 10.8. The molecule has 0 radical (unpaired) electrons. The SMILES string of the molecule is CC(C)CCC1(O)CC(C)(C)CC(C)(C)C1. The molecule has 1 rings (SSSR count). The van der Waals surface area contributed by atoms with Gasteiger partial charge in [0.1, 0.15) is 0 Å². The zero-order valence-corrected chi connectivity index (χ0v) is 12.1. The molecular weight excluding hydrogens is 196 g/mol. The van der Waals surface area contributed by atoms with Crippen molar-refractivity contribution in [3.8, 4) is 0 Å². The molecule has 1 fully saturated rings. The molecule has 0 atom stereocenters. The molecule has 1 N–H and O–H groups in total. The van der Waals surface area contributed by atoms with Crippen molar-refractivity contribution in [3.63, 3.8) is 0 Å². The number of aliphatic hydroxyl groups is 1. The molecule has 0 aromatic heterocycles. The van der Waals surface area contributed by atoms with Crippen LogP contribution in [0.2, 0.25) is 0 Å². The molecule has 0 bridgehead atoms. The molecule has 0 heterocycles. The van der Waals surface area contributed by atoms with E-state index in [1.807, 2.05) is 0 Å². The van der Waals surface area contributed by atoms with Gasteiger partial charge in [-0.2, -0.15) is 0 Å². The maximum atomic E-state index is 10.8. The van der Waals surface area contributed by atoms with E-state index in [0.29, 0.717) is 5.92 Å². The van der Waals surface area contributed by atoms with E-state index in [-0.39, 0.29) is 10.8 Å². The summed E-state index contributed by atoms with van der Waals surface area (Å²) in [6, 6.07) is 0. The summed E-state index contributed by atoms with van der Waals surface area (Å²) >= 11 is 0. The Morgan fingerprint density at radius 3 is 1.75 bits per heavy atom. The Bertz CT molecular complexity index is 222. The van der Waals surface area contributed by atoms with E-state index < -0.39 is 5.60 Å². The Labute approximate surface area is 102 Å². The van der Waals surface area contributed by atoms with Crippen LogP contribution in [-0.2, 0) is 0 Å². The van der Waals surface area contributed by atoms with E-state index in [9.17, 15) is 5.11 Å². The second-order valence-corrected chi connectivity index (χ2v) is 8.02. The van der Waals surface area contributed by atoms with Crippen molar-refractivity contribution in [2.45, 2.75) is 79.2 Å². The van der Waals surface area contributed by atoms with Gasteiger partial charge in [0.15, 0.2) is 0 Å². The van der Waals surface area contributed by atoms with Crippen LogP contribution in [0.25, 0.3) is 0 Å². The van der Waals surface area contributed by atoms with Gasteiger partial charge in [0, 0.05) is 0 Å². The summed E-state index contributed by atoms with van der Waals surface area (Å²) in [6.45, 7) is 13.7. The van der Waals surface area contributed by atoms with Crippen molar-refractivity contribution in [1.82, 2.24) is 0 Å². The summed E-state index contributed by atoms with van der Waals surface area (Å²) in [5.74, 6) is 0.692. The summed E-state index contributed by atoms with van der Waals surface area (Å²) in [6.07, 6.45) is 5.27. The molecule has 0 aromatic rings. The second kappa shape index (κ2) is 4.33. The average molecular weight is 226 g/mol. The zero-order chi connectivity index (χ0) is 12.6. The van der Waals surface area contributed by atoms with Gasteiger partial charge < -0.3 is 5.11 Å². The van der Waals surface area contributed by atoms with Crippen LogP contribution in [0.15, 0.2) is 0 Å². The highest BCUT2D eigenvalue weighted by atomic mass is 16.3. The minimum atomic E-state index is -0.421. The maximum absolute atomic E-state index is 10.8. The minimum Gasteiger partial charge on any atom is -0.390 e. The standard InChI is InChI=1S/C15H30O/c1-12(2)7-8-15(16)10-13(3,4)9-14(5,6)11-15/h12,16H,7-11H2,1-6H3. The van der Waals surface area contributed by atoms with Gasteiger partial charge in [-0.15, -0.1) is 0 Å². The van der Waals surface area contributed by atoms with E-state index in [1.54, 1.807) is 0 Å². The van der Waals surface area contributed by atoms with Crippen molar-refractivity contribution >= 4 is 0 Å². The Kier molecular flexibility index (Phi) is 3.79. The van der Waals surface area contributed by atoms with Gasteiger partial charge in [-0.25, -0.2) is 0 Å². The van der Waals surface area contributed by atoms with Gasteiger partial charge in [-0.3, -0.25) is 0 Å². The predicted octanol–water partition coefficient (Wildman–Crippen LogP) is 4.39. The quantitative estimate of drug-likeness (QED) is 0.756. The molecule has 16 heavy (non-hydrogen) atoms. The van der Waals surface area contributed by atoms with Crippen LogP contribution in [0, 0.1) is 16.7 Å². The first-order valence-corrected chi connectivity index (χ1v) is 6.76. The maximum Gasteiger partial charge on any atom is 0.0658 e. The fourth-order valence-electron chi connectivity index (χ4n) is 4.00. The molecule has 0 aromatic carbocycles. The second-order valence-electron chi connectivity index (χ2n) is 8.02.